The predicted octanol–water partition coefficient (Wildman–Crippen LogP) is 15.9. The predicted molar refractivity (Wildman–Crippen MR) is 255 cm³/mol. The molecular weight excluding hydrogens is 731 g/mol. The summed E-state index contributed by atoms with van der Waals surface area (Å²) < 4.78 is 11.8. The summed E-state index contributed by atoms with van der Waals surface area (Å²) in [7, 11) is 0. The van der Waals surface area contributed by atoms with Crippen LogP contribution in [0.3, 0.4) is 0 Å². The molecule has 59 heavy (non-hydrogen) atoms. The van der Waals surface area contributed by atoms with Crippen LogP contribution in [-0.4, -0.2) is 60.9 Å². The molecule has 6 nitrogen and oxygen atoms in total. The standard InChI is InChI=1S/C53H105NO5/c1-6-11-15-19-22-28-38-49(37-27-18-14-9-4)47-58-52(56)43-33-25-31-41-51(54(10-5)45-35-36-46-55)42-32-26-34-44-53(57)59-48-50(39-29-23-20-16-12-7-2)40-30-24-21-17-13-8-3/h49-51,55H,6-48H2,1-5H3. The minimum absolute atomic E-state index is 0.00421. The number of ether oxygens (including phenoxy) is 2. The van der Waals surface area contributed by atoms with Gasteiger partial charge >= 0.3 is 11.9 Å². The molecule has 0 bridgehead atoms. The van der Waals surface area contributed by atoms with Crippen molar-refractivity contribution >= 4 is 11.9 Å². The van der Waals surface area contributed by atoms with Crippen LogP contribution >= 0.6 is 0 Å². The van der Waals surface area contributed by atoms with Crippen LogP contribution in [0.2, 0.25) is 0 Å². The van der Waals surface area contributed by atoms with Gasteiger partial charge in [0.15, 0.2) is 0 Å². The summed E-state index contributed by atoms with van der Waals surface area (Å²) >= 11 is 0. The van der Waals surface area contributed by atoms with Crippen molar-refractivity contribution in [2.75, 3.05) is 32.9 Å². The number of rotatable bonds is 48. The lowest BCUT2D eigenvalue weighted by atomic mass is 9.94. The molecule has 0 heterocycles. The van der Waals surface area contributed by atoms with Crippen molar-refractivity contribution in [2.24, 2.45) is 11.8 Å². The third-order valence-electron chi connectivity index (χ3n) is 12.9. The molecule has 0 saturated carbocycles. The molecule has 0 radical (unpaired) electrons. The first kappa shape index (κ1) is 57.9. The van der Waals surface area contributed by atoms with E-state index < -0.39 is 0 Å². The van der Waals surface area contributed by atoms with E-state index in [1.54, 1.807) is 0 Å². The second kappa shape index (κ2) is 46.4. The molecule has 6 heteroatoms. The van der Waals surface area contributed by atoms with Gasteiger partial charge < -0.3 is 19.5 Å². The van der Waals surface area contributed by atoms with Crippen molar-refractivity contribution in [1.29, 1.82) is 0 Å². The van der Waals surface area contributed by atoms with E-state index in [2.05, 4.69) is 39.5 Å². The molecule has 0 aliphatic carbocycles. The zero-order valence-electron chi connectivity index (χ0n) is 40.7. The summed E-state index contributed by atoms with van der Waals surface area (Å²) in [5, 5.41) is 9.40. The quantitative estimate of drug-likeness (QED) is 0.0486. The second-order valence-electron chi connectivity index (χ2n) is 18.5. The molecule has 0 fully saturated rings. The highest BCUT2D eigenvalue weighted by Crippen LogP contribution is 2.23. The lowest BCUT2D eigenvalue weighted by molar-refractivity contribution is -0.146. The van der Waals surface area contributed by atoms with E-state index >= 15 is 0 Å². The molecule has 0 aliphatic rings. The van der Waals surface area contributed by atoms with Crippen LogP contribution in [0.4, 0.5) is 0 Å². The molecule has 0 aromatic rings. The Bertz CT molecular complexity index is 851. The number of unbranched alkanes of at least 4 members (excludes halogenated alkanes) is 23. The Kier molecular flexibility index (Phi) is 45.5. The number of hydrogen-bond acceptors (Lipinski definition) is 6. The van der Waals surface area contributed by atoms with Gasteiger partial charge in [0.05, 0.1) is 13.2 Å². The summed E-state index contributed by atoms with van der Waals surface area (Å²) in [6.07, 6.45) is 45.0. The highest BCUT2D eigenvalue weighted by Gasteiger charge is 2.18. The Hall–Kier alpha value is -1.14. The third-order valence-corrected chi connectivity index (χ3v) is 12.9. The first-order valence-corrected chi connectivity index (χ1v) is 26.6. The molecule has 2 unspecified atom stereocenters. The third kappa shape index (κ3) is 39.5. The number of carbonyl (C=O) groups is 2. The smallest absolute Gasteiger partial charge is 0.305 e. The minimum atomic E-state index is -0.00750. The zero-order valence-corrected chi connectivity index (χ0v) is 40.7. The van der Waals surface area contributed by atoms with Crippen LogP contribution in [0.25, 0.3) is 0 Å². The molecule has 0 rings (SSSR count). The monoisotopic (exact) mass is 836 g/mol. The van der Waals surface area contributed by atoms with E-state index in [1.807, 2.05) is 0 Å². The maximum absolute atomic E-state index is 12.8. The fraction of sp³-hybridized carbons (Fsp3) is 0.962. The summed E-state index contributed by atoms with van der Waals surface area (Å²) in [6.45, 7) is 14.9. The van der Waals surface area contributed by atoms with Crippen LogP contribution in [0, 0.1) is 11.8 Å². The molecule has 0 aliphatic heterocycles. The van der Waals surface area contributed by atoms with Gasteiger partial charge in [0.2, 0.25) is 0 Å². The van der Waals surface area contributed by atoms with Gasteiger partial charge in [-0.2, -0.15) is 0 Å². The second-order valence-corrected chi connectivity index (χ2v) is 18.5. The maximum atomic E-state index is 12.8. The number of nitrogens with zero attached hydrogens (tertiary/aromatic N) is 1. The average molecular weight is 836 g/mol. The van der Waals surface area contributed by atoms with Crippen molar-refractivity contribution < 1.29 is 24.2 Å². The van der Waals surface area contributed by atoms with Crippen molar-refractivity contribution in [1.82, 2.24) is 4.90 Å². The van der Waals surface area contributed by atoms with Crippen LogP contribution in [0.15, 0.2) is 0 Å². The van der Waals surface area contributed by atoms with Crippen molar-refractivity contribution in [2.45, 2.75) is 285 Å². The van der Waals surface area contributed by atoms with E-state index in [1.165, 1.54) is 167 Å². The number of esters is 2. The first-order valence-electron chi connectivity index (χ1n) is 26.6. The fourth-order valence-electron chi connectivity index (χ4n) is 8.87. The van der Waals surface area contributed by atoms with Gasteiger partial charge in [-0.25, -0.2) is 0 Å². The van der Waals surface area contributed by atoms with Crippen LogP contribution in [0.5, 0.6) is 0 Å². The SMILES string of the molecule is CCCCCCCCC(CCCCCC)COC(=O)CCCCCC(CCCCCC(=O)OCC(CCCCCCCC)CCCCCCCC)N(CC)CCCCO. The normalized spacial score (nSPS) is 12.7. The zero-order chi connectivity index (χ0) is 43.3. The summed E-state index contributed by atoms with van der Waals surface area (Å²) in [6, 6.07) is 0.512. The Labute approximate surface area is 369 Å². The lowest BCUT2D eigenvalue weighted by Crippen LogP contribution is -2.36. The Morgan fingerprint density at radius 2 is 0.729 bits per heavy atom. The highest BCUT2D eigenvalue weighted by atomic mass is 16.5. The summed E-state index contributed by atoms with van der Waals surface area (Å²) in [5.74, 6) is 1.03. The van der Waals surface area contributed by atoms with Gasteiger partial charge in [0.1, 0.15) is 0 Å². The van der Waals surface area contributed by atoms with Crippen LogP contribution in [-0.2, 0) is 19.1 Å². The Morgan fingerprint density at radius 3 is 1.08 bits per heavy atom. The van der Waals surface area contributed by atoms with Crippen molar-refractivity contribution in [3.8, 4) is 0 Å². The van der Waals surface area contributed by atoms with E-state index in [4.69, 9.17) is 9.47 Å². The molecule has 352 valence electrons. The molecular formula is C53H105NO5. The summed E-state index contributed by atoms with van der Waals surface area (Å²) in [5.41, 5.74) is 0. The largest absolute Gasteiger partial charge is 0.465 e. The molecule has 0 aromatic carbocycles. The van der Waals surface area contributed by atoms with Crippen LogP contribution in [0.1, 0.15) is 279 Å². The average Bonchev–Trinajstić information content (AvgIpc) is 3.24. The molecule has 0 amide bonds. The molecule has 0 spiro atoms. The highest BCUT2D eigenvalue weighted by molar-refractivity contribution is 5.69. The number of carbonyl (C=O) groups excluding carboxylic acids is 2. The van der Waals surface area contributed by atoms with Gasteiger partial charge in [-0.3, -0.25) is 9.59 Å². The van der Waals surface area contributed by atoms with E-state index in [-0.39, 0.29) is 18.5 Å². The van der Waals surface area contributed by atoms with E-state index in [9.17, 15) is 14.7 Å². The number of hydrogen-bond donors (Lipinski definition) is 1. The van der Waals surface area contributed by atoms with Crippen LogP contribution < -0.4 is 0 Å². The van der Waals surface area contributed by atoms with E-state index in [0.717, 1.165) is 77.3 Å². The maximum Gasteiger partial charge on any atom is 0.305 e. The van der Waals surface area contributed by atoms with Crippen molar-refractivity contribution in [3.05, 3.63) is 0 Å². The Balaban J connectivity index is 4.71. The molecule has 2 atom stereocenters. The Morgan fingerprint density at radius 1 is 0.407 bits per heavy atom. The van der Waals surface area contributed by atoms with Gasteiger partial charge in [-0.15, -0.1) is 0 Å². The van der Waals surface area contributed by atoms with Gasteiger partial charge in [0, 0.05) is 25.5 Å². The number of aliphatic hydroxyl groups is 1. The minimum Gasteiger partial charge on any atom is -0.465 e. The van der Waals surface area contributed by atoms with Gasteiger partial charge in [-0.05, 0) is 89.1 Å². The topological polar surface area (TPSA) is 76.1 Å². The molecule has 1 N–H and O–H groups in total. The van der Waals surface area contributed by atoms with Gasteiger partial charge in [0.25, 0.3) is 0 Å². The van der Waals surface area contributed by atoms with E-state index in [0.29, 0.717) is 43.9 Å². The van der Waals surface area contributed by atoms with Crippen molar-refractivity contribution in [3.63, 3.8) is 0 Å². The van der Waals surface area contributed by atoms with Gasteiger partial charge in [-0.1, -0.05) is 202 Å². The first-order chi connectivity index (χ1) is 28.9. The summed E-state index contributed by atoms with van der Waals surface area (Å²) in [4.78, 5) is 28.2. The molecule has 0 aromatic heterocycles. The number of aliphatic hydroxyl groups excluding tert-OH is 1. The lowest BCUT2D eigenvalue weighted by Gasteiger charge is -2.31. The fourth-order valence-corrected chi connectivity index (χ4v) is 8.87. The molecule has 0 saturated heterocycles.